The number of para-hydroxylation sites is 1. The van der Waals surface area contributed by atoms with Crippen LogP contribution in [0.1, 0.15) is 15.9 Å². The van der Waals surface area contributed by atoms with E-state index in [0.717, 1.165) is 5.56 Å². The molecule has 0 saturated carbocycles. The molecule has 0 unspecified atom stereocenters. The number of nitrogens with two attached hydrogens (primary N) is 1. The van der Waals surface area contributed by atoms with Crippen molar-refractivity contribution in [3.8, 4) is 0 Å². The number of nitrogens with one attached hydrogen (secondary N) is 1. The van der Waals surface area contributed by atoms with Gasteiger partial charge in [0, 0.05) is 11.1 Å². The normalized spacial score (nSPS) is 10.5. The minimum absolute atomic E-state index is 0.0879. The number of nitrogens with zero attached hydrogens (tertiary/aromatic N) is 2. The summed E-state index contributed by atoms with van der Waals surface area (Å²) in [7, 11) is 0. The van der Waals surface area contributed by atoms with Crippen LogP contribution in [0.15, 0.2) is 48.5 Å². The molecule has 7 nitrogen and oxygen atoms in total. The molecule has 0 aliphatic heterocycles. The first-order chi connectivity index (χ1) is 11.5. The Balaban J connectivity index is 2.23. The van der Waals surface area contributed by atoms with Gasteiger partial charge in [-0.1, -0.05) is 29.8 Å². The molecule has 1 aromatic heterocycles. The fourth-order valence-corrected chi connectivity index (χ4v) is 2.52. The third-order valence-electron chi connectivity index (χ3n) is 3.58. The Morgan fingerprint density at radius 2 is 1.92 bits per heavy atom. The van der Waals surface area contributed by atoms with Gasteiger partial charge in [-0.15, -0.1) is 0 Å². The zero-order valence-electron chi connectivity index (χ0n) is 12.8. The molecule has 7 heteroatoms. The van der Waals surface area contributed by atoms with E-state index >= 15 is 0 Å². The Morgan fingerprint density at radius 3 is 2.58 bits per heavy atom. The molecule has 0 spiro atoms. The van der Waals surface area contributed by atoms with Crippen LogP contribution in [0, 0.1) is 17.0 Å². The molecule has 0 radical (unpaired) electrons. The van der Waals surface area contributed by atoms with Gasteiger partial charge in [0.05, 0.1) is 10.4 Å². The van der Waals surface area contributed by atoms with E-state index in [0.29, 0.717) is 16.6 Å². The summed E-state index contributed by atoms with van der Waals surface area (Å²) >= 11 is 0. The quantitative estimate of drug-likeness (QED) is 0.567. The Kier molecular flexibility index (Phi) is 3.83. The van der Waals surface area contributed by atoms with Gasteiger partial charge in [-0.2, -0.15) is 0 Å². The topological polar surface area (TPSA) is 111 Å². The van der Waals surface area contributed by atoms with Crippen LogP contribution in [-0.4, -0.2) is 15.8 Å². The van der Waals surface area contributed by atoms with Gasteiger partial charge < -0.3 is 11.1 Å². The highest BCUT2D eigenvalue weighted by Crippen LogP contribution is 2.32. The molecule has 24 heavy (non-hydrogen) atoms. The van der Waals surface area contributed by atoms with Crippen LogP contribution in [0.25, 0.3) is 10.9 Å². The van der Waals surface area contributed by atoms with Gasteiger partial charge in [-0.05, 0) is 31.2 Å². The van der Waals surface area contributed by atoms with Crippen LogP contribution >= 0.6 is 0 Å². The van der Waals surface area contributed by atoms with Crippen molar-refractivity contribution in [3.63, 3.8) is 0 Å². The first-order valence-corrected chi connectivity index (χ1v) is 7.18. The summed E-state index contributed by atoms with van der Waals surface area (Å²) in [5, 5.41) is 14.5. The maximum absolute atomic E-state index is 12.7. The number of carbonyl (C=O) groups is 1. The van der Waals surface area contributed by atoms with E-state index in [-0.39, 0.29) is 11.4 Å². The number of aryl methyl sites for hydroxylation is 1. The van der Waals surface area contributed by atoms with Crippen LogP contribution < -0.4 is 11.1 Å². The second kappa shape index (κ2) is 5.96. The molecule has 3 rings (SSSR count). The average Bonchev–Trinajstić information content (AvgIpc) is 2.54. The highest BCUT2D eigenvalue weighted by atomic mass is 16.6. The maximum atomic E-state index is 12.7. The number of aromatic nitrogens is 1. The molecular formula is C17H14N4O3. The summed E-state index contributed by atoms with van der Waals surface area (Å²) in [5.41, 5.74) is 6.98. The van der Waals surface area contributed by atoms with E-state index in [2.05, 4.69) is 10.3 Å². The summed E-state index contributed by atoms with van der Waals surface area (Å²) in [6.45, 7) is 1.83. The third-order valence-corrected chi connectivity index (χ3v) is 3.58. The maximum Gasteiger partial charge on any atom is 0.324 e. The molecule has 3 N–H and O–H groups in total. The number of rotatable bonds is 3. The molecule has 0 aliphatic rings. The summed E-state index contributed by atoms with van der Waals surface area (Å²) in [5.74, 6) is -0.882. The lowest BCUT2D eigenvalue weighted by Crippen LogP contribution is -2.16. The van der Waals surface area contributed by atoms with Crippen molar-refractivity contribution >= 4 is 34.0 Å². The van der Waals surface area contributed by atoms with Crippen molar-refractivity contribution < 1.29 is 9.72 Å². The Morgan fingerprint density at radius 1 is 1.21 bits per heavy atom. The number of hydrogen-bond acceptors (Lipinski definition) is 5. The first kappa shape index (κ1) is 15.4. The van der Waals surface area contributed by atoms with Gasteiger partial charge in [0.2, 0.25) is 5.82 Å². The summed E-state index contributed by atoms with van der Waals surface area (Å²) in [4.78, 5) is 27.5. The molecule has 1 amide bonds. The van der Waals surface area contributed by atoms with Crippen molar-refractivity contribution in [2.75, 3.05) is 11.1 Å². The van der Waals surface area contributed by atoms with E-state index in [1.807, 2.05) is 6.92 Å². The highest BCUT2D eigenvalue weighted by Gasteiger charge is 2.28. The number of anilines is 2. The Labute approximate surface area is 137 Å². The van der Waals surface area contributed by atoms with Gasteiger partial charge in [0.1, 0.15) is 5.56 Å². The number of amides is 1. The molecule has 0 bridgehead atoms. The average molecular weight is 322 g/mol. The third kappa shape index (κ3) is 2.74. The molecule has 0 aliphatic carbocycles. The largest absolute Gasteiger partial charge is 0.378 e. The lowest BCUT2D eigenvalue weighted by atomic mass is 10.0. The molecule has 3 aromatic rings. The van der Waals surface area contributed by atoms with E-state index in [1.165, 1.54) is 0 Å². The summed E-state index contributed by atoms with van der Waals surface area (Å²) in [6.07, 6.45) is 0. The van der Waals surface area contributed by atoms with Gasteiger partial charge >= 0.3 is 5.69 Å². The SMILES string of the molecule is Cc1ccc2nc(N)c([N+](=O)[O-])c(C(=O)Nc3ccccc3)c2c1. The number of nitro groups is 1. The molecule has 0 atom stereocenters. The Bertz CT molecular complexity index is 955. The first-order valence-electron chi connectivity index (χ1n) is 7.18. The number of benzene rings is 2. The summed E-state index contributed by atoms with van der Waals surface area (Å²) in [6, 6.07) is 13.9. The molecule has 120 valence electrons. The van der Waals surface area contributed by atoms with Crippen LogP contribution in [0.3, 0.4) is 0 Å². The molecule has 2 aromatic carbocycles. The number of fused-ring (bicyclic) bond motifs is 1. The number of hydrogen-bond donors (Lipinski definition) is 2. The van der Waals surface area contributed by atoms with Crippen molar-refractivity contribution in [2.45, 2.75) is 6.92 Å². The minimum atomic E-state index is -0.677. The van der Waals surface area contributed by atoms with Gasteiger partial charge in [-0.3, -0.25) is 14.9 Å². The highest BCUT2D eigenvalue weighted by molar-refractivity contribution is 6.16. The lowest BCUT2D eigenvalue weighted by Gasteiger charge is -2.10. The predicted molar refractivity (Wildman–Crippen MR) is 91.9 cm³/mol. The van der Waals surface area contributed by atoms with Gasteiger partial charge in [-0.25, -0.2) is 4.98 Å². The monoisotopic (exact) mass is 322 g/mol. The van der Waals surface area contributed by atoms with Crippen molar-refractivity contribution in [3.05, 3.63) is 69.8 Å². The zero-order chi connectivity index (χ0) is 17.3. The van der Waals surface area contributed by atoms with E-state index in [4.69, 9.17) is 5.73 Å². The van der Waals surface area contributed by atoms with Crippen LogP contribution in [0.2, 0.25) is 0 Å². The summed E-state index contributed by atoms with van der Waals surface area (Å²) < 4.78 is 0. The second-order valence-corrected chi connectivity index (χ2v) is 5.32. The molecule has 0 saturated heterocycles. The van der Waals surface area contributed by atoms with Gasteiger partial charge in [0.25, 0.3) is 5.91 Å². The lowest BCUT2D eigenvalue weighted by molar-refractivity contribution is -0.384. The van der Waals surface area contributed by atoms with Crippen LogP contribution in [0.4, 0.5) is 17.2 Å². The number of pyridine rings is 1. The standard InChI is InChI=1S/C17H14N4O3/c1-10-7-8-13-12(9-10)14(15(21(23)24)16(18)20-13)17(22)19-11-5-3-2-4-6-11/h2-9H,1H3,(H2,18,20)(H,19,22). The Hall–Kier alpha value is -3.48. The smallest absolute Gasteiger partial charge is 0.324 e. The van der Waals surface area contributed by atoms with Crippen molar-refractivity contribution in [1.82, 2.24) is 4.98 Å². The molecular weight excluding hydrogens is 308 g/mol. The van der Waals surface area contributed by atoms with Crippen molar-refractivity contribution in [1.29, 1.82) is 0 Å². The predicted octanol–water partition coefficient (Wildman–Crippen LogP) is 3.29. The van der Waals surface area contributed by atoms with E-state index in [9.17, 15) is 14.9 Å². The van der Waals surface area contributed by atoms with E-state index in [1.54, 1.807) is 48.5 Å². The van der Waals surface area contributed by atoms with Crippen LogP contribution in [-0.2, 0) is 0 Å². The number of nitrogen functional groups attached to an aromatic ring is 1. The fourth-order valence-electron chi connectivity index (χ4n) is 2.52. The second-order valence-electron chi connectivity index (χ2n) is 5.32. The molecule has 1 heterocycles. The fraction of sp³-hybridized carbons (Fsp3) is 0.0588. The molecule has 0 fully saturated rings. The number of carbonyl (C=O) groups excluding carboxylic acids is 1. The van der Waals surface area contributed by atoms with E-state index < -0.39 is 16.5 Å². The van der Waals surface area contributed by atoms with Crippen molar-refractivity contribution in [2.24, 2.45) is 0 Å². The zero-order valence-corrected chi connectivity index (χ0v) is 12.8. The minimum Gasteiger partial charge on any atom is -0.378 e. The van der Waals surface area contributed by atoms with Crippen LogP contribution in [0.5, 0.6) is 0 Å². The van der Waals surface area contributed by atoms with Gasteiger partial charge in [0.15, 0.2) is 0 Å².